The van der Waals surface area contributed by atoms with Gasteiger partial charge in [0.1, 0.15) is 17.5 Å². The highest BCUT2D eigenvalue weighted by Crippen LogP contribution is 2.44. The molecule has 5 heteroatoms. The van der Waals surface area contributed by atoms with Crippen LogP contribution in [0.5, 0.6) is 0 Å². The lowest BCUT2D eigenvalue weighted by Gasteiger charge is -2.15. The van der Waals surface area contributed by atoms with Gasteiger partial charge in [0.15, 0.2) is 0 Å². The molecule has 21 heavy (non-hydrogen) atoms. The van der Waals surface area contributed by atoms with E-state index in [4.69, 9.17) is 5.73 Å². The molecule has 1 aliphatic rings. The third kappa shape index (κ3) is 2.41. The van der Waals surface area contributed by atoms with Crippen molar-refractivity contribution in [1.29, 1.82) is 0 Å². The minimum absolute atomic E-state index is 0.301. The first-order chi connectivity index (χ1) is 9.97. The molecule has 3 rings (SSSR count). The molecule has 2 atom stereocenters. The summed E-state index contributed by atoms with van der Waals surface area (Å²) >= 11 is 0. The Morgan fingerprint density at radius 2 is 1.86 bits per heavy atom. The molecule has 2 aromatic rings. The van der Waals surface area contributed by atoms with Crippen LogP contribution in [0.1, 0.15) is 37.8 Å². The molecule has 0 radical (unpaired) electrons. The number of hydrogen-bond donors (Lipinski definition) is 1. The quantitative estimate of drug-likeness (QED) is 0.913. The Bertz CT molecular complexity index is 658. The number of aromatic nitrogens is 2. The lowest BCUT2D eigenvalue weighted by atomic mass is 9.90. The highest BCUT2D eigenvalue weighted by molar-refractivity contribution is 5.77. The fourth-order valence-electron chi connectivity index (χ4n) is 3.36. The monoisotopic (exact) mass is 291 g/mol. The summed E-state index contributed by atoms with van der Waals surface area (Å²) in [6.07, 6.45) is 3.35. The van der Waals surface area contributed by atoms with Gasteiger partial charge in [0.25, 0.3) is 0 Å². The maximum Gasteiger partial charge on any atom is 0.129 e. The van der Waals surface area contributed by atoms with Crippen molar-refractivity contribution in [1.82, 2.24) is 9.78 Å². The van der Waals surface area contributed by atoms with E-state index < -0.39 is 11.6 Å². The van der Waals surface area contributed by atoms with Gasteiger partial charge >= 0.3 is 0 Å². The van der Waals surface area contributed by atoms with E-state index in [1.165, 1.54) is 12.1 Å². The number of nitrogen functional groups attached to an aromatic ring is 1. The predicted octanol–water partition coefficient (Wildman–Crippen LogP) is 3.85. The van der Waals surface area contributed by atoms with Crippen molar-refractivity contribution < 1.29 is 8.78 Å². The van der Waals surface area contributed by atoms with E-state index in [1.54, 1.807) is 11.7 Å². The van der Waals surface area contributed by atoms with Crippen molar-refractivity contribution in [2.24, 2.45) is 13.0 Å². The summed E-state index contributed by atoms with van der Waals surface area (Å²) in [6, 6.07) is 3.51. The molecule has 1 heterocycles. The summed E-state index contributed by atoms with van der Waals surface area (Å²) in [4.78, 5) is 0. The van der Waals surface area contributed by atoms with Crippen LogP contribution in [0, 0.1) is 17.6 Å². The molecule has 0 spiro atoms. The van der Waals surface area contributed by atoms with E-state index in [9.17, 15) is 8.78 Å². The fourth-order valence-corrected chi connectivity index (χ4v) is 3.36. The highest BCUT2D eigenvalue weighted by Gasteiger charge is 2.31. The van der Waals surface area contributed by atoms with Crippen molar-refractivity contribution in [2.45, 2.75) is 32.1 Å². The van der Waals surface area contributed by atoms with Gasteiger partial charge in [0.2, 0.25) is 0 Å². The van der Waals surface area contributed by atoms with Crippen molar-refractivity contribution in [3.05, 3.63) is 35.5 Å². The van der Waals surface area contributed by atoms with Crippen molar-refractivity contribution in [2.75, 3.05) is 5.73 Å². The smallest absolute Gasteiger partial charge is 0.129 e. The van der Waals surface area contributed by atoms with Crippen LogP contribution in [0.15, 0.2) is 18.2 Å². The number of hydrogen-bond acceptors (Lipinski definition) is 2. The van der Waals surface area contributed by atoms with E-state index in [0.29, 0.717) is 28.8 Å². The molecule has 0 saturated heterocycles. The Kier molecular flexibility index (Phi) is 3.43. The molecule has 112 valence electrons. The van der Waals surface area contributed by atoms with Gasteiger partial charge in [-0.05, 0) is 30.0 Å². The third-order valence-corrected chi connectivity index (χ3v) is 4.48. The van der Waals surface area contributed by atoms with Crippen LogP contribution < -0.4 is 5.73 Å². The predicted molar refractivity (Wildman–Crippen MR) is 78.7 cm³/mol. The number of benzene rings is 1. The Hall–Kier alpha value is -1.91. The maximum absolute atomic E-state index is 13.5. The third-order valence-electron chi connectivity index (χ3n) is 4.48. The van der Waals surface area contributed by atoms with E-state index in [-0.39, 0.29) is 0 Å². The van der Waals surface area contributed by atoms with Crippen LogP contribution in [-0.2, 0) is 7.05 Å². The lowest BCUT2D eigenvalue weighted by molar-refractivity contribution is 0.516. The second kappa shape index (κ2) is 5.13. The zero-order chi connectivity index (χ0) is 15.1. The van der Waals surface area contributed by atoms with E-state index in [1.807, 2.05) is 0 Å². The number of halogens is 2. The molecule has 0 aliphatic heterocycles. The first-order valence-corrected chi connectivity index (χ1v) is 7.26. The molecule has 0 bridgehead atoms. The van der Waals surface area contributed by atoms with Crippen LogP contribution in [0.25, 0.3) is 11.1 Å². The Morgan fingerprint density at radius 3 is 2.43 bits per heavy atom. The summed E-state index contributed by atoms with van der Waals surface area (Å²) in [5.41, 5.74) is 8.11. The molecule has 1 fully saturated rings. The molecule has 2 N–H and O–H groups in total. The summed E-state index contributed by atoms with van der Waals surface area (Å²) in [5, 5.41) is 4.53. The van der Waals surface area contributed by atoms with Gasteiger partial charge in [-0.15, -0.1) is 0 Å². The van der Waals surface area contributed by atoms with Crippen LogP contribution in [0.4, 0.5) is 14.6 Å². The number of anilines is 1. The summed E-state index contributed by atoms with van der Waals surface area (Å²) in [7, 11) is 1.76. The highest BCUT2D eigenvalue weighted by atomic mass is 19.1. The second-order valence-corrected chi connectivity index (χ2v) is 5.94. The van der Waals surface area contributed by atoms with Gasteiger partial charge in [0, 0.05) is 24.6 Å². The molecular weight excluding hydrogens is 272 g/mol. The molecule has 1 aromatic carbocycles. The first kappa shape index (κ1) is 14.0. The van der Waals surface area contributed by atoms with Crippen molar-refractivity contribution in [3.63, 3.8) is 0 Å². The number of nitrogens with two attached hydrogens (primary N) is 1. The lowest BCUT2D eigenvalue weighted by Crippen LogP contribution is -2.05. The average molecular weight is 291 g/mol. The SMILES string of the molecule is CC1CCCC1c1nn(C)c(N)c1-c1cc(F)cc(F)c1. The van der Waals surface area contributed by atoms with E-state index in [2.05, 4.69) is 12.0 Å². The molecule has 1 aliphatic carbocycles. The summed E-state index contributed by atoms with van der Waals surface area (Å²) in [5.74, 6) is 0.0673. The minimum atomic E-state index is -0.598. The topological polar surface area (TPSA) is 43.8 Å². The van der Waals surface area contributed by atoms with Crippen molar-refractivity contribution in [3.8, 4) is 11.1 Å². The zero-order valence-corrected chi connectivity index (χ0v) is 12.2. The zero-order valence-electron chi connectivity index (χ0n) is 12.2. The minimum Gasteiger partial charge on any atom is -0.383 e. The maximum atomic E-state index is 13.5. The Labute approximate surface area is 122 Å². The van der Waals surface area contributed by atoms with Gasteiger partial charge in [-0.25, -0.2) is 8.78 Å². The number of nitrogens with zero attached hydrogens (tertiary/aromatic N) is 2. The molecule has 2 unspecified atom stereocenters. The van der Waals surface area contributed by atoms with Crippen molar-refractivity contribution >= 4 is 5.82 Å². The Balaban J connectivity index is 2.17. The van der Waals surface area contributed by atoms with Crippen LogP contribution in [-0.4, -0.2) is 9.78 Å². The normalized spacial score (nSPS) is 21.9. The summed E-state index contributed by atoms with van der Waals surface area (Å²) in [6.45, 7) is 2.19. The van der Waals surface area contributed by atoms with Gasteiger partial charge < -0.3 is 5.73 Å². The van der Waals surface area contributed by atoms with Gasteiger partial charge in [-0.2, -0.15) is 5.10 Å². The van der Waals surface area contributed by atoms with Gasteiger partial charge in [0.05, 0.1) is 5.69 Å². The fraction of sp³-hybridized carbons (Fsp3) is 0.438. The largest absolute Gasteiger partial charge is 0.383 e. The van der Waals surface area contributed by atoms with E-state index >= 15 is 0 Å². The Morgan fingerprint density at radius 1 is 1.19 bits per heavy atom. The average Bonchev–Trinajstić information content (AvgIpc) is 2.93. The first-order valence-electron chi connectivity index (χ1n) is 7.26. The van der Waals surface area contributed by atoms with Gasteiger partial charge in [-0.1, -0.05) is 19.8 Å². The second-order valence-electron chi connectivity index (χ2n) is 5.94. The van der Waals surface area contributed by atoms with E-state index in [0.717, 1.165) is 31.0 Å². The van der Waals surface area contributed by atoms with Crippen LogP contribution in [0.2, 0.25) is 0 Å². The standard InChI is InChI=1S/C16H19F2N3/c1-9-4-3-5-13(9)15-14(16(19)21(2)20-15)10-6-11(17)8-12(18)7-10/h6-9,13H,3-5,19H2,1-2H3. The molecular formula is C16H19F2N3. The number of rotatable bonds is 2. The molecule has 3 nitrogen and oxygen atoms in total. The van der Waals surface area contributed by atoms with Crippen LogP contribution in [0.3, 0.4) is 0 Å². The van der Waals surface area contributed by atoms with Gasteiger partial charge in [-0.3, -0.25) is 4.68 Å². The molecule has 1 saturated carbocycles. The van der Waals surface area contributed by atoms with Crippen LogP contribution >= 0.6 is 0 Å². The summed E-state index contributed by atoms with van der Waals surface area (Å²) < 4.78 is 28.7. The number of aryl methyl sites for hydroxylation is 1. The molecule has 1 aromatic heterocycles. The molecule has 0 amide bonds.